The fourth-order valence-electron chi connectivity index (χ4n) is 0.901. The summed E-state index contributed by atoms with van der Waals surface area (Å²) in [5, 5.41) is 9.40. The van der Waals surface area contributed by atoms with E-state index in [1.165, 1.54) is 18.2 Å². The Balaban J connectivity index is 3.14. The van der Waals surface area contributed by atoms with Crippen molar-refractivity contribution in [2.45, 2.75) is 6.92 Å². The Kier molecular flexibility index (Phi) is 3.09. The number of rotatable bonds is 1. The maximum absolute atomic E-state index is 10.5. The average molecular weight is 186 g/mol. The molecular weight excluding hydrogens is 176 g/mol. The summed E-state index contributed by atoms with van der Waals surface area (Å²) in [6.45, 7) is 5.39. The third-order valence-electron chi connectivity index (χ3n) is 1.57. The van der Waals surface area contributed by atoms with Crippen LogP contribution in [0.2, 0.25) is 0 Å². The molecule has 0 aliphatic heterocycles. The van der Waals surface area contributed by atoms with Crippen molar-refractivity contribution >= 4 is 6.29 Å². The van der Waals surface area contributed by atoms with Gasteiger partial charge in [-0.1, -0.05) is 18.4 Å². The van der Waals surface area contributed by atoms with Gasteiger partial charge in [-0.15, -0.1) is 0 Å². The van der Waals surface area contributed by atoms with Gasteiger partial charge in [-0.05, 0) is 30.7 Å². The molecule has 0 unspecified atom stereocenters. The minimum atomic E-state index is 0.0735. The summed E-state index contributed by atoms with van der Waals surface area (Å²) in [6.07, 6.45) is 0.714. The zero-order valence-electron chi connectivity index (χ0n) is 7.87. The number of aromatic hydroxyl groups is 1. The molecule has 14 heavy (non-hydrogen) atoms. The van der Waals surface area contributed by atoms with Crippen LogP contribution >= 0.6 is 0 Å². The van der Waals surface area contributed by atoms with Gasteiger partial charge in [0.2, 0.25) is 0 Å². The topological polar surface area (TPSA) is 37.3 Å². The number of aldehydes is 1. The zero-order chi connectivity index (χ0) is 10.6. The monoisotopic (exact) mass is 186 g/mol. The summed E-state index contributed by atoms with van der Waals surface area (Å²) < 4.78 is 0. The molecule has 1 N–H and O–H groups in total. The molecule has 0 saturated carbocycles. The molecule has 0 aromatic heterocycles. The fraction of sp³-hybridized carbons (Fsp3) is 0.0833. The first kappa shape index (κ1) is 10.1. The van der Waals surface area contributed by atoms with E-state index in [1.807, 2.05) is 0 Å². The molecule has 0 aliphatic rings. The largest absolute Gasteiger partial charge is 0.507 e. The SMILES string of the molecule is C=C(C)C#Cc1cc(C=O)ccc1O. The Hall–Kier alpha value is -2.01. The van der Waals surface area contributed by atoms with Crippen LogP contribution < -0.4 is 0 Å². The highest BCUT2D eigenvalue weighted by Gasteiger charge is 1.98. The van der Waals surface area contributed by atoms with Crippen molar-refractivity contribution in [3.05, 3.63) is 41.5 Å². The molecule has 0 spiro atoms. The molecule has 0 saturated heterocycles. The van der Waals surface area contributed by atoms with Crippen molar-refractivity contribution in [3.63, 3.8) is 0 Å². The zero-order valence-corrected chi connectivity index (χ0v) is 7.87. The molecule has 0 aliphatic carbocycles. The normalized spacial score (nSPS) is 8.64. The van der Waals surface area contributed by atoms with Gasteiger partial charge in [0.1, 0.15) is 12.0 Å². The Labute approximate surface area is 82.9 Å². The van der Waals surface area contributed by atoms with E-state index in [0.29, 0.717) is 23.0 Å². The van der Waals surface area contributed by atoms with Gasteiger partial charge in [-0.25, -0.2) is 0 Å². The molecule has 0 heterocycles. The van der Waals surface area contributed by atoms with E-state index < -0.39 is 0 Å². The summed E-state index contributed by atoms with van der Waals surface area (Å²) in [6, 6.07) is 4.53. The van der Waals surface area contributed by atoms with Crippen LogP contribution in [-0.4, -0.2) is 11.4 Å². The molecule has 0 bridgehead atoms. The predicted octanol–water partition coefficient (Wildman–Crippen LogP) is 2.13. The van der Waals surface area contributed by atoms with Gasteiger partial charge in [0.25, 0.3) is 0 Å². The Morgan fingerprint density at radius 3 is 2.86 bits per heavy atom. The van der Waals surface area contributed by atoms with E-state index in [-0.39, 0.29) is 5.75 Å². The van der Waals surface area contributed by atoms with Gasteiger partial charge in [0.15, 0.2) is 0 Å². The summed E-state index contributed by atoms with van der Waals surface area (Å²) in [5.41, 5.74) is 1.65. The van der Waals surface area contributed by atoms with Crippen LogP contribution in [0, 0.1) is 11.8 Å². The number of phenols is 1. The molecule has 2 heteroatoms. The molecule has 0 amide bonds. The number of carbonyl (C=O) groups excluding carboxylic acids is 1. The molecule has 2 nitrogen and oxygen atoms in total. The van der Waals surface area contributed by atoms with Crippen molar-refractivity contribution < 1.29 is 9.90 Å². The molecule has 0 radical (unpaired) electrons. The second-order valence-electron chi connectivity index (χ2n) is 2.92. The summed E-state index contributed by atoms with van der Waals surface area (Å²) in [5.74, 6) is 5.54. The number of hydrogen-bond acceptors (Lipinski definition) is 2. The third-order valence-corrected chi connectivity index (χ3v) is 1.57. The maximum atomic E-state index is 10.5. The van der Waals surface area contributed by atoms with E-state index in [4.69, 9.17) is 0 Å². The highest BCUT2D eigenvalue weighted by atomic mass is 16.3. The van der Waals surface area contributed by atoms with Gasteiger partial charge in [0, 0.05) is 5.56 Å². The number of allylic oxidation sites excluding steroid dienone is 1. The highest BCUT2D eigenvalue weighted by molar-refractivity contribution is 5.76. The molecule has 1 aromatic rings. The first-order chi connectivity index (χ1) is 6.63. The Morgan fingerprint density at radius 1 is 1.57 bits per heavy atom. The molecule has 0 atom stereocenters. The third kappa shape index (κ3) is 2.49. The van der Waals surface area contributed by atoms with E-state index in [1.54, 1.807) is 6.92 Å². The van der Waals surface area contributed by atoms with Crippen LogP contribution in [0.25, 0.3) is 0 Å². The number of benzene rings is 1. The lowest BCUT2D eigenvalue weighted by atomic mass is 10.1. The van der Waals surface area contributed by atoms with Crippen molar-refractivity contribution in [2.75, 3.05) is 0 Å². The molecule has 1 rings (SSSR count). The lowest BCUT2D eigenvalue weighted by molar-refractivity contribution is 0.112. The van der Waals surface area contributed by atoms with Crippen LogP contribution in [0.1, 0.15) is 22.8 Å². The van der Waals surface area contributed by atoms with Gasteiger partial charge >= 0.3 is 0 Å². The molecular formula is C12H10O2. The van der Waals surface area contributed by atoms with E-state index >= 15 is 0 Å². The van der Waals surface area contributed by atoms with Crippen molar-refractivity contribution in [3.8, 4) is 17.6 Å². The van der Waals surface area contributed by atoms with Crippen LogP contribution in [-0.2, 0) is 0 Å². The standard InChI is InChI=1S/C12H10O2/c1-9(2)3-5-11-7-10(8-13)4-6-12(11)14/h4,6-8,14H,1H2,2H3. The van der Waals surface area contributed by atoms with Crippen LogP contribution in [0.3, 0.4) is 0 Å². The Morgan fingerprint density at radius 2 is 2.29 bits per heavy atom. The summed E-state index contributed by atoms with van der Waals surface area (Å²) in [7, 11) is 0. The van der Waals surface area contributed by atoms with E-state index in [9.17, 15) is 9.90 Å². The summed E-state index contributed by atoms with van der Waals surface area (Å²) >= 11 is 0. The quantitative estimate of drug-likeness (QED) is 0.539. The van der Waals surface area contributed by atoms with Gasteiger partial charge in [-0.2, -0.15) is 0 Å². The molecule has 0 fully saturated rings. The van der Waals surface area contributed by atoms with Crippen LogP contribution in [0.15, 0.2) is 30.4 Å². The first-order valence-electron chi connectivity index (χ1n) is 4.09. The number of carbonyl (C=O) groups is 1. The maximum Gasteiger partial charge on any atom is 0.150 e. The second-order valence-corrected chi connectivity index (χ2v) is 2.92. The van der Waals surface area contributed by atoms with Crippen molar-refractivity contribution in [2.24, 2.45) is 0 Å². The highest BCUT2D eigenvalue weighted by Crippen LogP contribution is 2.16. The Bertz CT molecular complexity index is 433. The average Bonchev–Trinajstić information content (AvgIpc) is 2.16. The van der Waals surface area contributed by atoms with E-state index in [0.717, 1.165) is 0 Å². The predicted molar refractivity (Wildman–Crippen MR) is 55.2 cm³/mol. The number of hydrogen-bond donors (Lipinski definition) is 1. The lowest BCUT2D eigenvalue weighted by Crippen LogP contribution is -1.83. The fourth-order valence-corrected chi connectivity index (χ4v) is 0.901. The molecule has 70 valence electrons. The summed E-state index contributed by atoms with van der Waals surface area (Å²) in [4.78, 5) is 10.5. The van der Waals surface area contributed by atoms with Crippen molar-refractivity contribution in [1.82, 2.24) is 0 Å². The second kappa shape index (κ2) is 4.29. The van der Waals surface area contributed by atoms with Gasteiger partial charge in [0.05, 0.1) is 5.56 Å². The number of phenolic OH excluding ortho intramolecular Hbond substituents is 1. The van der Waals surface area contributed by atoms with Gasteiger partial charge in [-0.3, -0.25) is 4.79 Å². The molecule has 1 aromatic carbocycles. The minimum Gasteiger partial charge on any atom is -0.507 e. The van der Waals surface area contributed by atoms with Crippen LogP contribution in [0.4, 0.5) is 0 Å². The smallest absolute Gasteiger partial charge is 0.150 e. The van der Waals surface area contributed by atoms with Gasteiger partial charge < -0.3 is 5.11 Å². The van der Waals surface area contributed by atoms with Crippen molar-refractivity contribution in [1.29, 1.82) is 0 Å². The lowest BCUT2D eigenvalue weighted by Gasteiger charge is -1.96. The first-order valence-corrected chi connectivity index (χ1v) is 4.09. The minimum absolute atomic E-state index is 0.0735. The van der Waals surface area contributed by atoms with Crippen LogP contribution in [0.5, 0.6) is 5.75 Å². The van der Waals surface area contributed by atoms with E-state index in [2.05, 4.69) is 18.4 Å².